The van der Waals surface area contributed by atoms with Gasteiger partial charge in [-0.2, -0.15) is 0 Å². The van der Waals surface area contributed by atoms with Crippen LogP contribution >= 0.6 is 0 Å². The molecular formula is C27H37N4O3+. The lowest BCUT2D eigenvalue weighted by atomic mass is 9.87. The van der Waals surface area contributed by atoms with Crippen LogP contribution in [0.3, 0.4) is 0 Å². The van der Waals surface area contributed by atoms with E-state index in [0.29, 0.717) is 36.8 Å². The first-order chi connectivity index (χ1) is 16.5. The van der Waals surface area contributed by atoms with Crippen LogP contribution in [0.1, 0.15) is 64.4 Å². The molecule has 0 aliphatic carbocycles. The predicted octanol–water partition coefficient (Wildman–Crippen LogP) is 3.53. The number of nitrogens with two attached hydrogens (primary N) is 1. The first-order valence-corrected chi connectivity index (χ1v) is 12.3. The van der Waals surface area contributed by atoms with E-state index in [4.69, 9.17) is 10.5 Å². The van der Waals surface area contributed by atoms with E-state index in [1.807, 2.05) is 42.5 Å². The van der Waals surface area contributed by atoms with E-state index in [2.05, 4.69) is 23.8 Å². The van der Waals surface area contributed by atoms with E-state index >= 15 is 0 Å². The molecule has 1 amide bonds. The van der Waals surface area contributed by atoms with Crippen molar-refractivity contribution >= 4 is 17.8 Å². The summed E-state index contributed by atoms with van der Waals surface area (Å²) in [6, 6.07) is 16.8. The van der Waals surface area contributed by atoms with Crippen LogP contribution in [0.2, 0.25) is 0 Å². The topological polar surface area (TPSA) is 102 Å². The molecule has 0 unspecified atom stereocenters. The van der Waals surface area contributed by atoms with Crippen LogP contribution in [0.15, 0.2) is 59.6 Å². The number of para-hydroxylation sites is 1. The number of ether oxygens (including phenoxy) is 1. The van der Waals surface area contributed by atoms with Gasteiger partial charge >= 0.3 is 5.90 Å². The maximum atomic E-state index is 13.2. The number of nitrogens with zero attached hydrogens (tertiary/aromatic N) is 2. The minimum absolute atomic E-state index is 0.0223. The van der Waals surface area contributed by atoms with Gasteiger partial charge in [0.05, 0.1) is 5.56 Å². The molecule has 3 rings (SSSR count). The lowest BCUT2D eigenvalue weighted by molar-refractivity contribution is -0.466. The fourth-order valence-corrected chi connectivity index (χ4v) is 4.14. The van der Waals surface area contributed by atoms with Crippen molar-refractivity contribution < 1.29 is 19.6 Å². The molecule has 0 fully saturated rings. The van der Waals surface area contributed by atoms with E-state index in [0.717, 1.165) is 44.3 Å². The number of aliphatic hydroxyl groups excluding tert-OH is 1. The van der Waals surface area contributed by atoms with E-state index < -0.39 is 5.54 Å². The number of carbonyl (C=O) groups is 1. The molecule has 0 aromatic heterocycles. The first-order valence-electron chi connectivity index (χ1n) is 12.3. The minimum Gasteiger partial charge on any atom is -0.460 e. The SMILES string of the molecule is CCCCC1(CCCC)N=C(N)N(CCC[NH+]=C(O)c2ccc(Oc3ccccc3)cc2)C1=O. The number of rotatable bonds is 13. The summed E-state index contributed by atoms with van der Waals surface area (Å²) in [7, 11) is 0. The molecular weight excluding hydrogens is 428 g/mol. The molecule has 4 N–H and O–H groups in total. The van der Waals surface area contributed by atoms with Gasteiger partial charge in [0.15, 0.2) is 5.96 Å². The Bertz CT molecular complexity index is 979. The number of nitrogens with one attached hydrogen (secondary N) is 1. The summed E-state index contributed by atoms with van der Waals surface area (Å²) in [5, 5.41) is 10.4. The maximum Gasteiger partial charge on any atom is 0.365 e. The molecule has 0 atom stereocenters. The summed E-state index contributed by atoms with van der Waals surface area (Å²) in [6.45, 7) is 5.22. The average Bonchev–Trinajstić information content (AvgIpc) is 3.09. The van der Waals surface area contributed by atoms with Gasteiger partial charge in [-0.25, -0.2) is 9.98 Å². The molecule has 1 heterocycles. The summed E-state index contributed by atoms with van der Waals surface area (Å²) in [4.78, 5) is 22.5. The van der Waals surface area contributed by atoms with Gasteiger partial charge in [0.25, 0.3) is 5.91 Å². The Hall–Kier alpha value is -3.35. The van der Waals surface area contributed by atoms with Crippen LogP contribution in [0.25, 0.3) is 0 Å². The largest absolute Gasteiger partial charge is 0.460 e. The monoisotopic (exact) mass is 465 g/mol. The smallest absolute Gasteiger partial charge is 0.365 e. The number of benzene rings is 2. The Labute approximate surface area is 202 Å². The molecule has 2 aromatic rings. The molecule has 7 nitrogen and oxygen atoms in total. The van der Waals surface area contributed by atoms with Gasteiger partial charge in [-0.15, -0.1) is 0 Å². The van der Waals surface area contributed by atoms with Crippen molar-refractivity contribution in [3.05, 3.63) is 60.2 Å². The van der Waals surface area contributed by atoms with Gasteiger partial charge in [0, 0.05) is 13.0 Å². The van der Waals surface area contributed by atoms with Crippen molar-refractivity contribution in [1.29, 1.82) is 0 Å². The van der Waals surface area contributed by atoms with Crippen molar-refractivity contribution in [3.63, 3.8) is 0 Å². The summed E-state index contributed by atoms with van der Waals surface area (Å²) in [5.41, 5.74) is 6.13. The Morgan fingerprint density at radius 2 is 1.62 bits per heavy atom. The molecule has 0 radical (unpaired) electrons. The zero-order valence-corrected chi connectivity index (χ0v) is 20.3. The minimum atomic E-state index is -0.693. The number of amides is 1. The maximum absolute atomic E-state index is 13.2. The molecule has 1 aliphatic heterocycles. The van der Waals surface area contributed by atoms with Crippen LogP contribution in [-0.4, -0.2) is 46.4 Å². The van der Waals surface area contributed by atoms with E-state index in [1.165, 1.54) is 0 Å². The quantitative estimate of drug-likeness (QED) is 0.239. The van der Waals surface area contributed by atoms with Gasteiger partial charge in [-0.3, -0.25) is 9.69 Å². The van der Waals surface area contributed by atoms with Crippen LogP contribution in [0, 0.1) is 0 Å². The summed E-state index contributed by atoms with van der Waals surface area (Å²) >= 11 is 0. The molecule has 0 saturated carbocycles. The third-order valence-electron chi connectivity index (χ3n) is 6.09. The Morgan fingerprint density at radius 1 is 1.00 bits per heavy atom. The van der Waals surface area contributed by atoms with Crippen molar-refractivity contribution in [3.8, 4) is 11.5 Å². The number of aliphatic imine (C=N–C) groups is 1. The van der Waals surface area contributed by atoms with Gasteiger partial charge in [0.1, 0.15) is 23.6 Å². The van der Waals surface area contributed by atoms with Gasteiger partial charge in [0.2, 0.25) is 0 Å². The zero-order valence-electron chi connectivity index (χ0n) is 20.3. The number of aliphatic hydroxyl groups is 1. The Balaban J connectivity index is 1.53. The summed E-state index contributed by atoms with van der Waals surface area (Å²) < 4.78 is 5.78. The fraction of sp³-hybridized carbons (Fsp3) is 0.444. The van der Waals surface area contributed by atoms with Crippen LogP contribution < -0.4 is 15.5 Å². The molecule has 7 heteroatoms. The Kier molecular flexibility index (Phi) is 9.08. The second-order valence-electron chi connectivity index (χ2n) is 8.73. The predicted molar refractivity (Wildman–Crippen MR) is 135 cm³/mol. The molecule has 2 aromatic carbocycles. The highest BCUT2D eigenvalue weighted by atomic mass is 16.5. The third kappa shape index (κ3) is 6.37. The molecule has 0 saturated heterocycles. The number of guanidine groups is 1. The van der Waals surface area contributed by atoms with Gasteiger partial charge < -0.3 is 15.6 Å². The summed E-state index contributed by atoms with van der Waals surface area (Å²) in [5.74, 6) is 1.88. The lowest BCUT2D eigenvalue weighted by Crippen LogP contribution is -2.73. The van der Waals surface area contributed by atoms with E-state index in [-0.39, 0.29) is 11.8 Å². The van der Waals surface area contributed by atoms with Crippen molar-refractivity contribution in [1.82, 2.24) is 4.90 Å². The average molecular weight is 466 g/mol. The van der Waals surface area contributed by atoms with Gasteiger partial charge in [-0.05, 0) is 49.2 Å². The van der Waals surface area contributed by atoms with Crippen LogP contribution in [-0.2, 0) is 4.79 Å². The van der Waals surface area contributed by atoms with Gasteiger partial charge in [-0.1, -0.05) is 57.7 Å². The highest BCUT2D eigenvalue weighted by molar-refractivity contribution is 6.06. The first kappa shape index (κ1) is 25.3. The number of hydrogen-bond donors (Lipinski definition) is 3. The molecule has 182 valence electrons. The number of hydrogen-bond acceptors (Lipinski definition) is 4. The third-order valence-corrected chi connectivity index (χ3v) is 6.09. The second kappa shape index (κ2) is 12.2. The molecule has 1 aliphatic rings. The standard InChI is InChI=1S/C27H36N4O3/c1-3-5-17-27(18-6-4-2)25(33)31(26(28)30-27)20-10-19-29-24(32)21-13-15-23(16-14-21)34-22-11-8-7-9-12-22/h7-9,11-16H,3-6,10,17-20H2,1-2H3,(H2,28,30)(H,29,32)/p+1. The zero-order chi connectivity index (χ0) is 24.4. The van der Waals surface area contributed by atoms with Crippen LogP contribution in [0.5, 0.6) is 11.5 Å². The molecule has 0 spiro atoms. The normalized spacial score (nSPS) is 15.5. The van der Waals surface area contributed by atoms with E-state index in [1.54, 1.807) is 17.0 Å². The van der Waals surface area contributed by atoms with Crippen molar-refractivity contribution in [2.24, 2.45) is 10.7 Å². The fourth-order valence-electron chi connectivity index (χ4n) is 4.14. The number of carbonyl (C=O) groups excluding carboxylic acids is 1. The molecule has 34 heavy (non-hydrogen) atoms. The summed E-state index contributed by atoms with van der Waals surface area (Å²) in [6.07, 6.45) is 6.09. The lowest BCUT2D eigenvalue weighted by Gasteiger charge is -2.25. The van der Waals surface area contributed by atoms with E-state index in [9.17, 15) is 9.90 Å². The van der Waals surface area contributed by atoms with Crippen molar-refractivity contribution in [2.75, 3.05) is 13.1 Å². The van der Waals surface area contributed by atoms with Crippen molar-refractivity contribution in [2.45, 2.75) is 64.3 Å². The second-order valence-corrected chi connectivity index (χ2v) is 8.73. The highest BCUT2D eigenvalue weighted by Gasteiger charge is 2.46. The highest BCUT2D eigenvalue weighted by Crippen LogP contribution is 2.32. The molecule has 0 bridgehead atoms. The number of unbranched alkanes of at least 4 members (excludes halogenated alkanes) is 2. The van der Waals surface area contributed by atoms with Crippen LogP contribution in [0.4, 0.5) is 0 Å². The Morgan fingerprint density at radius 3 is 2.24 bits per heavy atom.